The highest BCUT2D eigenvalue weighted by molar-refractivity contribution is 6.02. The van der Waals surface area contributed by atoms with Gasteiger partial charge in [0.05, 0.1) is 5.39 Å². The second kappa shape index (κ2) is 9.22. The number of carbonyl (C=O) groups excluding carboxylic acids is 1. The van der Waals surface area contributed by atoms with Crippen molar-refractivity contribution in [2.24, 2.45) is 0 Å². The maximum absolute atomic E-state index is 14.1. The SMILES string of the molecule is CC1CN(c2ncnc3c2c(-c2ccccc2)cn3-c2cc(F)ccn2)CCN1C(=O)OC(C)(C)C. The zero-order valence-corrected chi connectivity index (χ0v) is 20.8. The van der Waals surface area contributed by atoms with Crippen molar-refractivity contribution in [3.8, 4) is 16.9 Å². The summed E-state index contributed by atoms with van der Waals surface area (Å²) in [5.41, 5.74) is 2.01. The molecule has 1 aliphatic heterocycles. The Morgan fingerprint density at radius 3 is 2.56 bits per heavy atom. The smallest absolute Gasteiger partial charge is 0.410 e. The lowest BCUT2D eigenvalue weighted by atomic mass is 10.1. The molecule has 1 aromatic carbocycles. The molecule has 1 fully saturated rings. The van der Waals surface area contributed by atoms with E-state index in [0.29, 0.717) is 31.1 Å². The number of halogens is 1. The summed E-state index contributed by atoms with van der Waals surface area (Å²) in [6, 6.07) is 12.6. The Kier molecular flexibility index (Phi) is 6.07. The number of hydrogen-bond acceptors (Lipinski definition) is 6. The molecule has 3 aromatic heterocycles. The fourth-order valence-corrected chi connectivity index (χ4v) is 4.56. The molecule has 1 saturated heterocycles. The molecule has 0 radical (unpaired) electrons. The van der Waals surface area contributed by atoms with Gasteiger partial charge in [-0.15, -0.1) is 0 Å². The standard InChI is InChI=1S/C27H29FN6O2/c1-18-15-32(12-13-33(18)26(35)36-27(2,3)4)24-23-21(19-8-6-5-7-9-19)16-34(25(23)31-17-30-24)22-14-20(28)10-11-29-22/h5-11,14,16-18H,12-13,15H2,1-4H3. The van der Waals surface area contributed by atoms with Crippen molar-refractivity contribution in [3.05, 3.63) is 67.0 Å². The van der Waals surface area contributed by atoms with E-state index >= 15 is 0 Å². The van der Waals surface area contributed by atoms with E-state index in [1.165, 1.54) is 24.7 Å². The third kappa shape index (κ3) is 4.60. The summed E-state index contributed by atoms with van der Waals surface area (Å²) in [5, 5.41) is 0.854. The van der Waals surface area contributed by atoms with Crippen LogP contribution in [0.3, 0.4) is 0 Å². The van der Waals surface area contributed by atoms with Crippen LogP contribution < -0.4 is 4.90 Å². The van der Waals surface area contributed by atoms with Crippen LogP contribution in [0.25, 0.3) is 28.0 Å². The van der Waals surface area contributed by atoms with E-state index in [4.69, 9.17) is 4.74 Å². The number of piperazine rings is 1. The van der Waals surface area contributed by atoms with Crippen LogP contribution in [-0.4, -0.2) is 61.8 Å². The van der Waals surface area contributed by atoms with E-state index in [1.807, 2.05) is 64.2 Å². The average molecular weight is 489 g/mol. The van der Waals surface area contributed by atoms with Gasteiger partial charge in [-0.05, 0) is 39.3 Å². The monoisotopic (exact) mass is 488 g/mol. The zero-order chi connectivity index (χ0) is 25.4. The molecule has 0 spiro atoms. The lowest BCUT2D eigenvalue weighted by Crippen LogP contribution is -2.55. The van der Waals surface area contributed by atoms with E-state index < -0.39 is 5.60 Å². The second-order valence-corrected chi connectivity index (χ2v) is 9.98. The lowest BCUT2D eigenvalue weighted by molar-refractivity contribution is 0.0159. The number of benzene rings is 1. The molecule has 1 unspecified atom stereocenters. The summed E-state index contributed by atoms with van der Waals surface area (Å²) < 4.78 is 21.5. The molecule has 36 heavy (non-hydrogen) atoms. The van der Waals surface area contributed by atoms with Crippen LogP contribution >= 0.6 is 0 Å². The number of pyridine rings is 1. The number of anilines is 1. The highest BCUT2D eigenvalue weighted by Crippen LogP contribution is 2.37. The first-order chi connectivity index (χ1) is 17.2. The van der Waals surface area contributed by atoms with Crippen LogP contribution in [0.1, 0.15) is 27.7 Å². The van der Waals surface area contributed by atoms with Crippen LogP contribution in [0.5, 0.6) is 0 Å². The number of fused-ring (bicyclic) bond motifs is 1. The van der Waals surface area contributed by atoms with Gasteiger partial charge >= 0.3 is 6.09 Å². The maximum atomic E-state index is 14.1. The van der Waals surface area contributed by atoms with E-state index in [9.17, 15) is 9.18 Å². The van der Waals surface area contributed by atoms with Crippen molar-refractivity contribution in [1.29, 1.82) is 0 Å². The summed E-state index contributed by atoms with van der Waals surface area (Å²) in [4.78, 5) is 30.3. The number of nitrogens with zero attached hydrogens (tertiary/aromatic N) is 6. The van der Waals surface area contributed by atoms with Crippen molar-refractivity contribution < 1.29 is 13.9 Å². The highest BCUT2D eigenvalue weighted by Gasteiger charge is 2.32. The van der Waals surface area contributed by atoms with Gasteiger partial charge in [0, 0.05) is 49.7 Å². The van der Waals surface area contributed by atoms with Crippen molar-refractivity contribution in [2.45, 2.75) is 39.3 Å². The minimum absolute atomic E-state index is 0.0780. The highest BCUT2D eigenvalue weighted by atomic mass is 19.1. The number of hydrogen-bond donors (Lipinski definition) is 0. The molecule has 8 nitrogen and oxygen atoms in total. The van der Waals surface area contributed by atoms with Crippen molar-refractivity contribution >= 4 is 22.9 Å². The molecule has 1 amide bonds. The van der Waals surface area contributed by atoms with Crippen molar-refractivity contribution in [1.82, 2.24) is 24.4 Å². The molecule has 0 N–H and O–H groups in total. The molecule has 1 aliphatic rings. The van der Waals surface area contributed by atoms with E-state index in [1.54, 1.807) is 9.47 Å². The Hall–Kier alpha value is -4.01. The Labute approximate surface area is 209 Å². The van der Waals surface area contributed by atoms with E-state index in [0.717, 1.165) is 22.3 Å². The number of aromatic nitrogens is 4. The predicted octanol–water partition coefficient (Wildman–Crippen LogP) is 5.07. The molecular formula is C27H29FN6O2. The van der Waals surface area contributed by atoms with Crippen molar-refractivity contribution in [2.75, 3.05) is 24.5 Å². The lowest BCUT2D eigenvalue weighted by Gasteiger charge is -2.40. The molecule has 0 aliphatic carbocycles. The first kappa shape index (κ1) is 23.7. The summed E-state index contributed by atoms with van der Waals surface area (Å²) in [7, 11) is 0. The number of amides is 1. The Morgan fingerprint density at radius 1 is 1.08 bits per heavy atom. The van der Waals surface area contributed by atoms with Gasteiger partial charge in [-0.2, -0.15) is 0 Å². The fourth-order valence-electron chi connectivity index (χ4n) is 4.56. The van der Waals surface area contributed by atoms with Gasteiger partial charge in [-0.25, -0.2) is 24.1 Å². The minimum Gasteiger partial charge on any atom is -0.444 e. The van der Waals surface area contributed by atoms with Gasteiger partial charge in [0.15, 0.2) is 5.65 Å². The molecule has 186 valence electrons. The van der Waals surface area contributed by atoms with Gasteiger partial charge in [0.25, 0.3) is 0 Å². The van der Waals surface area contributed by atoms with Crippen LogP contribution in [0.4, 0.5) is 15.0 Å². The third-order valence-electron chi connectivity index (χ3n) is 6.16. The first-order valence-corrected chi connectivity index (χ1v) is 12.0. The summed E-state index contributed by atoms with van der Waals surface area (Å²) in [6.45, 7) is 9.30. The summed E-state index contributed by atoms with van der Waals surface area (Å²) in [6.07, 6.45) is 4.59. The minimum atomic E-state index is -0.550. The summed E-state index contributed by atoms with van der Waals surface area (Å²) in [5.74, 6) is 0.837. The van der Waals surface area contributed by atoms with Gasteiger partial charge in [0.2, 0.25) is 0 Å². The normalized spacial score (nSPS) is 16.4. The number of ether oxygens (including phenoxy) is 1. The third-order valence-corrected chi connectivity index (χ3v) is 6.16. The topological polar surface area (TPSA) is 76.4 Å². The number of carbonyl (C=O) groups is 1. The van der Waals surface area contributed by atoms with E-state index in [2.05, 4.69) is 19.9 Å². The van der Waals surface area contributed by atoms with Gasteiger partial charge in [-0.3, -0.25) is 4.57 Å². The molecule has 5 rings (SSSR count). The largest absolute Gasteiger partial charge is 0.444 e. The molecule has 0 bridgehead atoms. The molecule has 4 aromatic rings. The van der Waals surface area contributed by atoms with Crippen LogP contribution in [-0.2, 0) is 4.74 Å². The average Bonchev–Trinajstić information content (AvgIpc) is 3.23. The molecule has 1 atom stereocenters. The van der Waals surface area contributed by atoms with Crippen molar-refractivity contribution in [3.63, 3.8) is 0 Å². The predicted molar refractivity (Wildman–Crippen MR) is 137 cm³/mol. The van der Waals surface area contributed by atoms with Gasteiger partial charge in [0.1, 0.15) is 29.4 Å². The van der Waals surface area contributed by atoms with Gasteiger partial charge in [-0.1, -0.05) is 30.3 Å². The van der Waals surface area contributed by atoms with Gasteiger partial charge < -0.3 is 14.5 Å². The first-order valence-electron chi connectivity index (χ1n) is 12.0. The molecule has 4 heterocycles. The summed E-state index contributed by atoms with van der Waals surface area (Å²) >= 11 is 0. The zero-order valence-electron chi connectivity index (χ0n) is 20.8. The molecular weight excluding hydrogens is 459 g/mol. The van der Waals surface area contributed by atoms with Crippen LogP contribution in [0.15, 0.2) is 61.2 Å². The Balaban J connectivity index is 1.57. The second-order valence-electron chi connectivity index (χ2n) is 9.98. The van der Waals surface area contributed by atoms with Crippen LogP contribution in [0.2, 0.25) is 0 Å². The quantitative estimate of drug-likeness (QED) is 0.401. The molecule has 9 heteroatoms. The Morgan fingerprint density at radius 2 is 1.86 bits per heavy atom. The van der Waals surface area contributed by atoms with E-state index in [-0.39, 0.29) is 18.0 Å². The maximum Gasteiger partial charge on any atom is 0.410 e. The van der Waals surface area contributed by atoms with Crippen LogP contribution in [0, 0.1) is 5.82 Å². The molecule has 0 saturated carbocycles. The fraction of sp³-hybridized carbons (Fsp3) is 0.333. The Bertz CT molecular complexity index is 1400. The number of rotatable bonds is 3.